The number of ketones is 1. The van der Waals surface area contributed by atoms with Crippen LogP contribution in [0.3, 0.4) is 0 Å². The molecular weight excluding hydrogens is 392 g/mol. The molecule has 1 aromatic heterocycles. The summed E-state index contributed by atoms with van der Waals surface area (Å²) in [5, 5.41) is 11.0. The minimum absolute atomic E-state index is 0.142. The Morgan fingerprint density at radius 1 is 1.20 bits per heavy atom. The first-order valence-corrected chi connectivity index (χ1v) is 9.09. The number of nitro benzene ring substituents is 1. The Balaban J connectivity index is 2.00. The molecule has 2 aromatic rings. The van der Waals surface area contributed by atoms with Gasteiger partial charge in [0.1, 0.15) is 0 Å². The zero-order valence-corrected chi connectivity index (χ0v) is 16.9. The van der Waals surface area contributed by atoms with Crippen LogP contribution in [-0.4, -0.2) is 40.9 Å². The minimum atomic E-state index is -0.791. The molecule has 0 spiro atoms. The topological polar surface area (TPSA) is 118 Å². The van der Waals surface area contributed by atoms with Crippen molar-refractivity contribution < 1.29 is 28.8 Å². The van der Waals surface area contributed by atoms with Crippen LogP contribution >= 0.6 is 0 Å². The van der Waals surface area contributed by atoms with Crippen LogP contribution in [0, 0.1) is 24.0 Å². The number of hydrogen-bond donors (Lipinski definition) is 0. The lowest BCUT2D eigenvalue weighted by atomic mass is 10.1. The second-order valence-corrected chi connectivity index (χ2v) is 6.44. The van der Waals surface area contributed by atoms with E-state index in [0.717, 1.165) is 11.8 Å². The molecule has 9 heteroatoms. The zero-order chi connectivity index (χ0) is 22.3. The molecule has 0 amide bonds. The van der Waals surface area contributed by atoms with E-state index in [1.807, 2.05) is 11.5 Å². The molecule has 2 rings (SSSR count). The maximum atomic E-state index is 12.5. The Morgan fingerprint density at radius 2 is 1.90 bits per heavy atom. The van der Waals surface area contributed by atoms with Crippen LogP contribution < -0.4 is 0 Å². The molecule has 0 aliphatic rings. The molecule has 0 N–H and O–H groups in total. The standard InChI is InChI=1S/C21H22N2O7/c1-14-12-17(15(2)22(14)11-10-20(25)29-3)19(24)13-30-21(26)9-8-16-6-4-5-7-18(16)23(27)28/h4-9,12H,10-11,13H2,1-3H3/b9-8+. The van der Waals surface area contributed by atoms with E-state index in [9.17, 15) is 24.5 Å². The van der Waals surface area contributed by atoms with Crippen LogP contribution in [0.15, 0.2) is 36.4 Å². The summed E-state index contributed by atoms with van der Waals surface area (Å²) in [6.07, 6.45) is 2.48. The lowest BCUT2D eigenvalue weighted by Gasteiger charge is -2.08. The van der Waals surface area contributed by atoms with Crippen LogP contribution in [0.5, 0.6) is 0 Å². The SMILES string of the molecule is COC(=O)CCn1c(C)cc(C(=O)COC(=O)/C=C/c2ccccc2[N+](=O)[O-])c1C. The molecule has 9 nitrogen and oxygen atoms in total. The Hall–Kier alpha value is -3.75. The van der Waals surface area contributed by atoms with Crippen LogP contribution in [0.25, 0.3) is 6.08 Å². The van der Waals surface area contributed by atoms with Crippen molar-refractivity contribution in [3.8, 4) is 0 Å². The van der Waals surface area contributed by atoms with Gasteiger partial charge in [-0.3, -0.25) is 19.7 Å². The molecule has 0 radical (unpaired) electrons. The van der Waals surface area contributed by atoms with E-state index >= 15 is 0 Å². The number of aromatic nitrogens is 1. The number of aryl methyl sites for hydroxylation is 1. The molecule has 1 heterocycles. The smallest absolute Gasteiger partial charge is 0.331 e. The Morgan fingerprint density at radius 3 is 2.57 bits per heavy atom. The number of carbonyl (C=O) groups excluding carboxylic acids is 3. The van der Waals surface area contributed by atoms with E-state index in [0.29, 0.717) is 17.8 Å². The fourth-order valence-electron chi connectivity index (χ4n) is 2.95. The van der Waals surface area contributed by atoms with E-state index < -0.39 is 17.5 Å². The molecule has 0 saturated carbocycles. The third-order valence-electron chi connectivity index (χ3n) is 4.52. The molecule has 0 saturated heterocycles. The van der Waals surface area contributed by atoms with Gasteiger partial charge in [-0.15, -0.1) is 0 Å². The molecule has 0 unspecified atom stereocenters. The maximum Gasteiger partial charge on any atom is 0.331 e. The normalized spacial score (nSPS) is 10.8. The van der Waals surface area contributed by atoms with Gasteiger partial charge in [0, 0.05) is 35.6 Å². The second-order valence-electron chi connectivity index (χ2n) is 6.44. The van der Waals surface area contributed by atoms with Gasteiger partial charge >= 0.3 is 11.9 Å². The molecule has 0 aliphatic heterocycles. The quantitative estimate of drug-likeness (QED) is 0.203. The van der Waals surface area contributed by atoms with Crippen LogP contribution in [0.2, 0.25) is 0 Å². The average molecular weight is 414 g/mol. The minimum Gasteiger partial charge on any atom is -0.469 e. The van der Waals surface area contributed by atoms with Gasteiger partial charge in [-0.25, -0.2) is 4.79 Å². The van der Waals surface area contributed by atoms with Crippen LogP contribution in [0.1, 0.15) is 33.7 Å². The second kappa shape index (κ2) is 10.1. The third kappa shape index (κ3) is 5.63. The molecule has 0 atom stereocenters. The lowest BCUT2D eigenvalue weighted by Crippen LogP contribution is -2.14. The highest BCUT2D eigenvalue weighted by molar-refractivity contribution is 6.00. The molecule has 30 heavy (non-hydrogen) atoms. The van der Waals surface area contributed by atoms with Gasteiger partial charge in [0.2, 0.25) is 5.78 Å². The zero-order valence-electron chi connectivity index (χ0n) is 16.9. The highest BCUT2D eigenvalue weighted by Gasteiger charge is 2.18. The van der Waals surface area contributed by atoms with Gasteiger partial charge in [0.05, 0.1) is 24.0 Å². The van der Waals surface area contributed by atoms with Crippen LogP contribution in [0.4, 0.5) is 5.69 Å². The predicted octanol–water partition coefficient (Wildman–Crippen LogP) is 3.02. The van der Waals surface area contributed by atoms with Crippen molar-refractivity contribution in [3.63, 3.8) is 0 Å². The summed E-state index contributed by atoms with van der Waals surface area (Å²) >= 11 is 0. The molecule has 158 valence electrons. The fraction of sp³-hybridized carbons (Fsp3) is 0.286. The number of ether oxygens (including phenoxy) is 2. The third-order valence-corrected chi connectivity index (χ3v) is 4.52. The first-order valence-electron chi connectivity index (χ1n) is 9.09. The largest absolute Gasteiger partial charge is 0.469 e. The first kappa shape index (κ1) is 22.5. The van der Waals surface area contributed by atoms with E-state index in [1.165, 1.54) is 31.4 Å². The number of nitrogens with zero attached hydrogens (tertiary/aromatic N) is 2. The number of esters is 2. The number of rotatable bonds is 9. The van der Waals surface area contributed by atoms with E-state index in [2.05, 4.69) is 4.74 Å². The summed E-state index contributed by atoms with van der Waals surface area (Å²) in [6.45, 7) is 3.45. The molecular formula is C21H22N2O7. The molecule has 0 aliphatic carbocycles. The molecule has 0 bridgehead atoms. The Kier molecular flexibility index (Phi) is 7.62. The Labute approximate surface area is 173 Å². The number of hydrogen-bond acceptors (Lipinski definition) is 7. The summed E-state index contributed by atoms with van der Waals surface area (Å²) in [5.74, 6) is -1.53. The van der Waals surface area contributed by atoms with Gasteiger partial charge in [0.25, 0.3) is 5.69 Å². The maximum absolute atomic E-state index is 12.5. The monoisotopic (exact) mass is 414 g/mol. The van der Waals surface area contributed by atoms with E-state index in [1.54, 1.807) is 19.1 Å². The van der Waals surface area contributed by atoms with E-state index in [-0.39, 0.29) is 29.4 Å². The van der Waals surface area contributed by atoms with Crippen molar-refractivity contribution in [2.45, 2.75) is 26.8 Å². The number of carbonyl (C=O) groups is 3. The van der Waals surface area contributed by atoms with Gasteiger partial charge in [-0.1, -0.05) is 12.1 Å². The van der Waals surface area contributed by atoms with Gasteiger partial charge < -0.3 is 14.0 Å². The first-order chi connectivity index (χ1) is 14.2. The van der Waals surface area contributed by atoms with E-state index in [4.69, 9.17) is 4.74 Å². The molecule has 0 fully saturated rings. The van der Waals surface area contributed by atoms with Gasteiger partial charge in [-0.2, -0.15) is 0 Å². The van der Waals surface area contributed by atoms with Crippen molar-refractivity contribution in [3.05, 3.63) is 69.0 Å². The predicted molar refractivity (Wildman–Crippen MR) is 108 cm³/mol. The van der Waals surface area contributed by atoms with Crippen molar-refractivity contribution in [1.29, 1.82) is 0 Å². The number of methoxy groups -OCH3 is 1. The van der Waals surface area contributed by atoms with Crippen molar-refractivity contribution in [2.75, 3.05) is 13.7 Å². The van der Waals surface area contributed by atoms with Crippen molar-refractivity contribution in [1.82, 2.24) is 4.57 Å². The van der Waals surface area contributed by atoms with Crippen LogP contribution in [-0.2, 0) is 25.6 Å². The Bertz CT molecular complexity index is 1000. The van der Waals surface area contributed by atoms with Gasteiger partial charge in [-0.05, 0) is 32.1 Å². The average Bonchev–Trinajstić information content (AvgIpc) is 3.02. The highest BCUT2D eigenvalue weighted by Crippen LogP contribution is 2.19. The summed E-state index contributed by atoms with van der Waals surface area (Å²) in [6, 6.07) is 7.62. The number of nitro groups is 1. The van der Waals surface area contributed by atoms with Crippen molar-refractivity contribution in [2.24, 2.45) is 0 Å². The van der Waals surface area contributed by atoms with Gasteiger partial charge in [0.15, 0.2) is 6.61 Å². The number of Topliss-reactive ketones (excluding diaryl/α,β-unsaturated/α-hetero) is 1. The molecule has 1 aromatic carbocycles. The summed E-state index contributed by atoms with van der Waals surface area (Å²) in [5.41, 5.74) is 1.96. The number of para-hydroxylation sites is 1. The highest BCUT2D eigenvalue weighted by atomic mass is 16.6. The summed E-state index contributed by atoms with van der Waals surface area (Å²) in [4.78, 5) is 46.1. The number of benzene rings is 1. The fourth-order valence-corrected chi connectivity index (χ4v) is 2.95. The lowest BCUT2D eigenvalue weighted by molar-refractivity contribution is -0.385. The summed E-state index contributed by atoms with van der Waals surface area (Å²) in [7, 11) is 1.31. The van der Waals surface area contributed by atoms with Crippen molar-refractivity contribution >= 4 is 29.5 Å². The summed E-state index contributed by atoms with van der Waals surface area (Å²) < 4.78 is 11.4.